The van der Waals surface area contributed by atoms with Crippen molar-refractivity contribution in [2.45, 2.75) is 77.8 Å². The van der Waals surface area contributed by atoms with E-state index in [0.717, 1.165) is 40.8 Å². The standard InChI is InChI=1S/C42H56N4O6/c1-25-34-21-31(42(34,3)4)22-35(25)44-41(50)38-37(26(2)48)36(24-47)52-46(38)23-28-14-11-15-33(39(28)51-7)29-18-30(20-32(19-29)45(5)6)40(49)43-17-16-27-12-9-8-10-13-27/h8-15,18-20,25-26,31,34-38,47-48H,16-17,21-24H2,1-7H3,(H,43,49)(H,44,50)/t25-,26-,31-,34+,35-,36-,37-,38-/m0/s1. The highest BCUT2D eigenvalue weighted by Crippen LogP contribution is 2.61. The van der Waals surface area contributed by atoms with Crippen molar-refractivity contribution in [1.29, 1.82) is 0 Å². The van der Waals surface area contributed by atoms with Crippen molar-refractivity contribution in [2.24, 2.45) is 29.1 Å². The highest BCUT2D eigenvalue weighted by Gasteiger charge is 2.57. The summed E-state index contributed by atoms with van der Waals surface area (Å²) in [4.78, 5) is 35.9. The summed E-state index contributed by atoms with van der Waals surface area (Å²) in [6.07, 6.45) is 1.22. The van der Waals surface area contributed by atoms with E-state index in [1.807, 2.05) is 85.7 Å². The third-order valence-electron chi connectivity index (χ3n) is 12.2. The minimum absolute atomic E-state index is 0.0422. The Kier molecular flexibility index (Phi) is 11.3. The fraction of sp³-hybridized carbons (Fsp3) is 0.524. The van der Waals surface area contributed by atoms with Crippen LogP contribution >= 0.6 is 0 Å². The van der Waals surface area contributed by atoms with Gasteiger partial charge in [-0.3, -0.25) is 14.4 Å². The average molecular weight is 713 g/mol. The Balaban J connectivity index is 1.26. The molecular weight excluding hydrogens is 656 g/mol. The predicted octanol–water partition coefficient (Wildman–Crippen LogP) is 5.06. The number of carbonyl (C=O) groups excluding carboxylic acids is 2. The summed E-state index contributed by atoms with van der Waals surface area (Å²) >= 11 is 0. The number of hydrogen-bond donors (Lipinski definition) is 4. The highest BCUT2D eigenvalue weighted by atomic mass is 16.7. The number of fused-ring (bicyclic) bond motifs is 2. The molecule has 2 amide bonds. The van der Waals surface area contributed by atoms with Crippen LogP contribution in [-0.4, -0.2) is 85.7 Å². The van der Waals surface area contributed by atoms with Gasteiger partial charge in [-0.1, -0.05) is 69.3 Å². The monoisotopic (exact) mass is 712 g/mol. The van der Waals surface area contributed by atoms with Crippen LogP contribution in [0.4, 0.5) is 5.69 Å². The van der Waals surface area contributed by atoms with E-state index in [1.165, 1.54) is 6.42 Å². The van der Waals surface area contributed by atoms with Gasteiger partial charge in [0.1, 0.15) is 17.9 Å². The molecular formula is C42H56N4O6. The number of ether oxygens (including phenoxy) is 1. The van der Waals surface area contributed by atoms with Crippen LogP contribution < -0.4 is 20.3 Å². The first kappa shape index (κ1) is 37.8. The van der Waals surface area contributed by atoms with Crippen LogP contribution in [0, 0.1) is 29.1 Å². The van der Waals surface area contributed by atoms with Gasteiger partial charge in [0.25, 0.3) is 5.91 Å². The second kappa shape index (κ2) is 15.6. The fourth-order valence-electron chi connectivity index (χ4n) is 9.05. The number of amides is 2. The van der Waals surface area contributed by atoms with Gasteiger partial charge < -0.3 is 30.5 Å². The molecule has 7 rings (SSSR count). The topological polar surface area (TPSA) is 124 Å². The lowest BCUT2D eigenvalue weighted by Crippen LogP contribution is -2.62. The number of anilines is 1. The molecule has 2 bridgehead atoms. The Bertz CT molecular complexity index is 1730. The molecule has 1 heterocycles. The van der Waals surface area contributed by atoms with Gasteiger partial charge >= 0.3 is 0 Å². The van der Waals surface area contributed by atoms with Crippen LogP contribution in [0.15, 0.2) is 66.7 Å². The van der Waals surface area contributed by atoms with Gasteiger partial charge in [-0.25, -0.2) is 0 Å². The van der Waals surface area contributed by atoms with Crippen LogP contribution in [0.25, 0.3) is 11.1 Å². The first-order valence-corrected chi connectivity index (χ1v) is 18.7. The number of hydrogen-bond acceptors (Lipinski definition) is 8. The van der Waals surface area contributed by atoms with E-state index < -0.39 is 24.2 Å². The lowest BCUT2D eigenvalue weighted by Gasteiger charge is -2.62. The Morgan fingerprint density at radius 3 is 2.46 bits per heavy atom. The molecule has 3 saturated carbocycles. The van der Waals surface area contributed by atoms with Gasteiger partial charge in [0.15, 0.2) is 0 Å². The summed E-state index contributed by atoms with van der Waals surface area (Å²) in [5.74, 6) is 1.06. The number of rotatable bonds is 13. The molecule has 0 aromatic heterocycles. The van der Waals surface area contributed by atoms with E-state index in [2.05, 4.69) is 31.4 Å². The molecule has 10 nitrogen and oxygen atoms in total. The van der Waals surface area contributed by atoms with Crippen molar-refractivity contribution in [2.75, 3.05) is 39.3 Å². The average Bonchev–Trinajstić information content (AvgIpc) is 3.51. The number of aliphatic hydroxyl groups is 2. The lowest BCUT2D eigenvalue weighted by molar-refractivity contribution is -0.183. The molecule has 280 valence electrons. The fourth-order valence-corrected chi connectivity index (χ4v) is 9.05. The number of benzene rings is 3. The van der Waals surface area contributed by atoms with E-state index in [4.69, 9.17) is 9.57 Å². The number of nitrogens with zero attached hydrogens (tertiary/aromatic N) is 2. The molecule has 52 heavy (non-hydrogen) atoms. The molecule has 0 unspecified atom stereocenters. The van der Waals surface area contributed by atoms with Crippen molar-refractivity contribution < 1.29 is 29.4 Å². The van der Waals surface area contributed by atoms with E-state index in [1.54, 1.807) is 19.1 Å². The minimum Gasteiger partial charge on any atom is -0.496 e. The molecule has 3 aromatic rings. The van der Waals surface area contributed by atoms with Gasteiger partial charge in [-0.15, -0.1) is 0 Å². The number of para-hydroxylation sites is 1. The SMILES string of the molecule is COc1c(CN2O[C@@H](CO)[C@H]([C@H](C)O)[C@H]2C(=O)N[C@H]2C[C@@H]3C[C@H]([C@@H]2C)C3(C)C)cccc1-c1cc(C(=O)NCCc2ccccc2)cc(N(C)C)c1. The minimum atomic E-state index is -0.895. The van der Waals surface area contributed by atoms with Gasteiger partial charge in [0.2, 0.25) is 5.91 Å². The Labute approximate surface area is 308 Å². The predicted molar refractivity (Wildman–Crippen MR) is 203 cm³/mol. The first-order chi connectivity index (χ1) is 24.8. The van der Waals surface area contributed by atoms with Crippen molar-refractivity contribution in [3.05, 3.63) is 83.4 Å². The number of hydroxylamine groups is 2. The molecule has 4 aliphatic rings. The molecule has 10 heteroatoms. The van der Waals surface area contributed by atoms with Crippen LogP contribution in [0.3, 0.4) is 0 Å². The molecule has 4 fully saturated rings. The molecule has 1 saturated heterocycles. The maximum absolute atomic E-state index is 14.2. The number of aliphatic hydroxyl groups excluding tert-OH is 2. The summed E-state index contributed by atoms with van der Waals surface area (Å²) in [6.45, 7) is 8.91. The second-order valence-corrected chi connectivity index (χ2v) is 15.9. The zero-order valence-electron chi connectivity index (χ0n) is 31.6. The van der Waals surface area contributed by atoms with Gasteiger partial charge in [0.05, 0.1) is 26.4 Å². The third kappa shape index (κ3) is 7.44. The first-order valence-electron chi connectivity index (χ1n) is 18.7. The molecule has 0 radical (unpaired) electrons. The quantitative estimate of drug-likeness (QED) is 0.194. The highest BCUT2D eigenvalue weighted by molar-refractivity contribution is 5.97. The Hall–Kier alpha value is -3.96. The van der Waals surface area contributed by atoms with E-state index in [-0.39, 0.29) is 36.4 Å². The van der Waals surface area contributed by atoms with Crippen molar-refractivity contribution in [3.63, 3.8) is 0 Å². The van der Waals surface area contributed by atoms with Gasteiger partial charge in [0, 0.05) is 55.0 Å². The van der Waals surface area contributed by atoms with Crippen molar-refractivity contribution in [1.82, 2.24) is 15.7 Å². The number of nitrogens with one attached hydrogen (secondary N) is 2. The summed E-state index contributed by atoms with van der Waals surface area (Å²) in [6, 6.07) is 20.9. The van der Waals surface area contributed by atoms with Crippen LogP contribution in [0.5, 0.6) is 5.75 Å². The summed E-state index contributed by atoms with van der Waals surface area (Å²) < 4.78 is 6.05. The molecule has 8 atom stereocenters. The summed E-state index contributed by atoms with van der Waals surface area (Å²) in [5.41, 5.74) is 5.19. The van der Waals surface area contributed by atoms with Crippen LogP contribution in [0.2, 0.25) is 0 Å². The maximum Gasteiger partial charge on any atom is 0.251 e. The normalized spacial score (nSPS) is 27.0. The third-order valence-corrected chi connectivity index (χ3v) is 12.2. The molecule has 1 aliphatic heterocycles. The molecule has 0 spiro atoms. The van der Waals surface area contributed by atoms with Crippen LogP contribution in [-0.2, 0) is 22.6 Å². The van der Waals surface area contributed by atoms with Crippen LogP contribution in [0.1, 0.15) is 62.0 Å². The van der Waals surface area contributed by atoms with Gasteiger partial charge in [-0.05, 0) is 78.7 Å². The smallest absolute Gasteiger partial charge is 0.251 e. The maximum atomic E-state index is 14.2. The van der Waals surface area contributed by atoms with E-state index >= 15 is 0 Å². The number of methoxy groups -OCH3 is 1. The summed E-state index contributed by atoms with van der Waals surface area (Å²) in [5, 5.41) is 29.3. The lowest BCUT2D eigenvalue weighted by atomic mass is 9.45. The molecule has 3 aliphatic carbocycles. The van der Waals surface area contributed by atoms with E-state index in [0.29, 0.717) is 35.6 Å². The largest absolute Gasteiger partial charge is 0.496 e. The van der Waals surface area contributed by atoms with Crippen molar-refractivity contribution in [3.8, 4) is 16.9 Å². The molecule has 4 N–H and O–H groups in total. The number of carbonyl (C=O) groups is 2. The second-order valence-electron chi connectivity index (χ2n) is 15.9. The Morgan fingerprint density at radius 1 is 1.08 bits per heavy atom. The zero-order chi connectivity index (χ0) is 37.3. The Morgan fingerprint density at radius 2 is 1.83 bits per heavy atom. The van der Waals surface area contributed by atoms with Crippen molar-refractivity contribution >= 4 is 17.5 Å². The van der Waals surface area contributed by atoms with Gasteiger partial charge in [-0.2, -0.15) is 5.06 Å². The van der Waals surface area contributed by atoms with E-state index in [9.17, 15) is 19.8 Å². The molecule has 3 aromatic carbocycles. The summed E-state index contributed by atoms with van der Waals surface area (Å²) in [7, 11) is 5.48. The zero-order valence-corrected chi connectivity index (χ0v) is 31.6.